The largest absolute Gasteiger partial charge is 0.348 e. The number of likely N-dealkylation sites (N-methyl/N-ethyl adjacent to an activating group) is 1. The van der Waals surface area contributed by atoms with Crippen LogP contribution < -0.4 is 15.8 Å². The molecular weight excluding hydrogens is 366 g/mol. The lowest BCUT2D eigenvalue weighted by atomic mass is 10.1. The van der Waals surface area contributed by atoms with E-state index in [4.69, 9.17) is 11.6 Å². The molecule has 0 bridgehead atoms. The number of carbonyl (C=O) groups is 1. The Morgan fingerprint density at radius 1 is 1.30 bits per heavy atom. The summed E-state index contributed by atoms with van der Waals surface area (Å²) >= 11 is 5.96. The van der Waals surface area contributed by atoms with Gasteiger partial charge in [0.2, 0.25) is 11.9 Å². The molecule has 1 aromatic carbocycles. The Bertz CT molecular complexity index is 861. The van der Waals surface area contributed by atoms with Crippen molar-refractivity contribution in [2.24, 2.45) is 0 Å². The average molecular weight is 390 g/mol. The molecule has 1 aliphatic heterocycles. The molecule has 0 spiro atoms. The summed E-state index contributed by atoms with van der Waals surface area (Å²) in [5.41, 5.74) is 1.17. The van der Waals surface area contributed by atoms with E-state index >= 15 is 0 Å². The predicted molar refractivity (Wildman–Crippen MR) is 106 cm³/mol. The Labute approximate surface area is 163 Å². The molecule has 1 fully saturated rings. The lowest BCUT2D eigenvalue weighted by molar-refractivity contribution is -0.121. The number of benzene rings is 1. The first-order valence-electron chi connectivity index (χ1n) is 8.99. The third-order valence-electron chi connectivity index (χ3n) is 4.63. The molecule has 1 atom stereocenters. The van der Waals surface area contributed by atoms with Crippen molar-refractivity contribution in [3.63, 3.8) is 0 Å². The Kier molecular flexibility index (Phi) is 6.13. The molecular formula is C19H24ClN5O2. The van der Waals surface area contributed by atoms with Gasteiger partial charge in [0.1, 0.15) is 0 Å². The Morgan fingerprint density at radius 3 is 2.74 bits per heavy atom. The number of amides is 1. The second-order valence-electron chi connectivity index (χ2n) is 6.88. The van der Waals surface area contributed by atoms with Crippen LogP contribution in [-0.4, -0.2) is 54.0 Å². The zero-order valence-electron chi connectivity index (χ0n) is 15.5. The summed E-state index contributed by atoms with van der Waals surface area (Å²) in [5.74, 6) is 0.412. The quantitative estimate of drug-likeness (QED) is 0.811. The Morgan fingerprint density at radius 2 is 2.04 bits per heavy atom. The summed E-state index contributed by atoms with van der Waals surface area (Å²) in [6.45, 7) is 5.27. The van der Waals surface area contributed by atoms with Crippen molar-refractivity contribution in [1.29, 1.82) is 0 Å². The van der Waals surface area contributed by atoms with E-state index in [1.165, 1.54) is 6.07 Å². The van der Waals surface area contributed by atoms with E-state index in [1.54, 1.807) is 12.1 Å². The summed E-state index contributed by atoms with van der Waals surface area (Å²) in [6.07, 6.45) is 0.222. The van der Waals surface area contributed by atoms with Gasteiger partial charge in [-0.25, -0.2) is 4.98 Å². The minimum absolute atomic E-state index is 0.145. The topological polar surface area (TPSA) is 81.3 Å². The highest BCUT2D eigenvalue weighted by molar-refractivity contribution is 6.30. The molecule has 2 N–H and O–H groups in total. The first-order chi connectivity index (χ1) is 12.9. The minimum Gasteiger partial charge on any atom is -0.348 e. The number of aromatic nitrogens is 2. The smallest absolute Gasteiger partial charge is 0.252 e. The number of anilines is 1. The Hall–Kier alpha value is -2.38. The van der Waals surface area contributed by atoms with Gasteiger partial charge in [-0.2, -0.15) is 0 Å². The van der Waals surface area contributed by atoms with Gasteiger partial charge < -0.3 is 15.1 Å². The van der Waals surface area contributed by atoms with Crippen LogP contribution >= 0.6 is 11.6 Å². The normalized spacial score (nSPS) is 16.2. The first kappa shape index (κ1) is 19.4. The van der Waals surface area contributed by atoms with Crippen molar-refractivity contribution in [1.82, 2.24) is 20.2 Å². The fraction of sp³-hybridized carbons (Fsp3) is 0.421. The number of carbonyl (C=O) groups excluding carboxylic acids is 1. The van der Waals surface area contributed by atoms with Crippen molar-refractivity contribution < 1.29 is 4.79 Å². The van der Waals surface area contributed by atoms with Gasteiger partial charge in [0, 0.05) is 37.3 Å². The number of H-pyrrole nitrogens is 1. The van der Waals surface area contributed by atoms with Crippen molar-refractivity contribution in [2.75, 3.05) is 38.1 Å². The standard InChI is InChI=1S/C19H24ClN5O2/c1-13(21-17(26)11-14-4-3-5-15(20)10-14)16-12-18(27)23-19(22-16)25-8-6-24(2)7-9-25/h3-5,10,12-13H,6-9,11H2,1-2H3,(H,21,26)(H,22,23,27). The number of aromatic amines is 1. The maximum Gasteiger partial charge on any atom is 0.252 e. The van der Waals surface area contributed by atoms with E-state index in [-0.39, 0.29) is 23.9 Å². The molecule has 1 unspecified atom stereocenters. The van der Waals surface area contributed by atoms with Gasteiger partial charge in [0.05, 0.1) is 18.2 Å². The Balaban J connectivity index is 1.68. The highest BCUT2D eigenvalue weighted by Crippen LogP contribution is 2.15. The van der Waals surface area contributed by atoms with Crippen molar-refractivity contribution in [2.45, 2.75) is 19.4 Å². The van der Waals surface area contributed by atoms with E-state index < -0.39 is 0 Å². The van der Waals surface area contributed by atoms with E-state index in [2.05, 4.69) is 32.1 Å². The molecule has 2 aromatic rings. The van der Waals surface area contributed by atoms with Crippen LogP contribution in [0.15, 0.2) is 35.1 Å². The zero-order valence-corrected chi connectivity index (χ0v) is 16.3. The van der Waals surface area contributed by atoms with Crippen LogP contribution in [-0.2, 0) is 11.2 Å². The maximum absolute atomic E-state index is 12.3. The SMILES string of the molecule is CC(NC(=O)Cc1cccc(Cl)c1)c1cc(=O)[nH]c(N2CCN(C)CC2)n1. The lowest BCUT2D eigenvalue weighted by Crippen LogP contribution is -2.45. The van der Waals surface area contributed by atoms with E-state index in [0.29, 0.717) is 16.7 Å². The molecule has 1 aromatic heterocycles. The summed E-state index contributed by atoms with van der Waals surface area (Å²) in [4.78, 5) is 36.1. The molecule has 0 aliphatic carbocycles. The van der Waals surface area contributed by atoms with Gasteiger partial charge in [-0.15, -0.1) is 0 Å². The van der Waals surface area contributed by atoms with Crippen LogP contribution in [0.5, 0.6) is 0 Å². The van der Waals surface area contributed by atoms with E-state index in [0.717, 1.165) is 31.7 Å². The fourth-order valence-corrected chi connectivity index (χ4v) is 3.26. The van der Waals surface area contributed by atoms with Crippen molar-refractivity contribution >= 4 is 23.5 Å². The highest BCUT2D eigenvalue weighted by Gasteiger charge is 2.19. The zero-order chi connectivity index (χ0) is 19.4. The molecule has 7 nitrogen and oxygen atoms in total. The summed E-state index contributed by atoms with van der Waals surface area (Å²) in [7, 11) is 2.07. The third-order valence-corrected chi connectivity index (χ3v) is 4.86. The summed E-state index contributed by atoms with van der Waals surface area (Å²) in [5, 5.41) is 3.50. The summed E-state index contributed by atoms with van der Waals surface area (Å²) < 4.78 is 0. The number of nitrogens with zero attached hydrogens (tertiary/aromatic N) is 3. The number of halogens is 1. The van der Waals surface area contributed by atoms with Gasteiger partial charge in [0.15, 0.2) is 0 Å². The average Bonchev–Trinajstić information content (AvgIpc) is 2.61. The number of hydrogen-bond acceptors (Lipinski definition) is 5. The predicted octanol–water partition coefficient (Wildman–Crippen LogP) is 1.59. The monoisotopic (exact) mass is 389 g/mol. The molecule has 3 rings (SSSR count). The van der Waals surface area contributed by atoms with Crippen LogP contribution in [0.3, 0.4) is 0 Å². The molecule has 0 radical (unpaired) electrons. The first-order valence-corrected chi connectivity index (χ1v) is 9.37. The second-order valence-corrected chi connectivity index (χ2v) is 7.32. The van der Waals surface area contributed by atoms with Crippen LogP contribution in [0.2, 0.25) is 5.02 Å². The molecule has 1 aliphatic rings. The molecule has 1 saturated heterocycles. The molecule has 27 heavy (non-hydrogen) atoms. The van der Waals surface area contributed by atoms with Crippen molar-refractivity contribution in [3.05, 3.63) is 57.0 Å². The van der Waals surface area contributed by atoms with E-state index in [9.17, 15) is 9.59 Å². The third kappa shape index (κ3) is 5.30. The molecule has 144 valence electrons. The molecule has 2 heterocycles. The highest BCUT2D eigenvalue weighted by atomic mass is 35.5. The minimum atomic E-state index is -0.370. The fourth-order valence-electron chi connectivity index (χ4n) is 3.05. The van der Waals surface area contributed by atoms with Gasteiger partial charge >= 0.3 is 0 Å². The van der Waals surface area contributed by atoms with Crippen LogP contribution in [0.25, 0.3) is 0 Å². The lowest BCUT2D eigenvalue weighted by Gasteiger charge is -2.32. The molecule has 0 saturated carbocycles. The molecule has 1 amide bonds. The van der Waals surface area contributed by atoms with Crippen LogP contribution in [0.4, 0.5) is 5.95 Å². The number of piperazine rings is 1. The molecule has 8 heteroatoms. The van der Waals surface area contributed by atoms with Gasteiger partial charge in [-0.3, -0.25) is 14.6 Å². The maximum atomic E-state index is 12.3. The second kappa shape index (κ2) is 8.54. The number of nitrogens with one attached hydrogen (secondary N) is 2. The van der Waals surface area contributed by atoms with Gasteiger partial charge in [-0.05, 0) is 31.7 Å². The van der Waals surface area contributed by atoms with Crippen LogP contribution in [0.1, 0.15) is 24.2 Å². The van der Waals surface area contributed by atoms with Gasteiger partial charge in [-0.1, -0.05) is 23.7 Å². The number of rotatable bonds is 5. The van der Waals surface area contributed by atoms with Crippen LogP contribution in [0, 0.1) is 0 Å². The number of hydrogen-bond donors (Lipinski definition) is 2. The van der Waals surface area contributed by atoms with E-state index in [1.807, 2.05) is 19.1 Å². The van der Waals surface area contributed by atoms with Gasteiger partial charge in [0.25, 0.3) is 5.56 Å². The summed E-state index contributed by atoms with van der Waals surface area (Å²) in [6, 6.07) is 8.27. The van der Waals surface area contributed by atoms with Crippen molar-refractivity contribution in [3.8, 4) is 0 Å².